The summed E-state index contributed by atoms with van der Waals surface area (Å²) in [7, 11) is 0. The smallest absolute Gasteiger partial charge is 0.344 e. The number of aromatic nitrogens is 1. The first kappa shape index (κ1) is 20.3. The molecule has 9 heteroatoms. The highest BCUT2D eigenvalue weighted by Crippen LogP contribution is 2.33. The van der Waals surface area contributed by atoms with Crippen LogP contribution in [0.4, 0.5) is 4.39 Å². The molecule has 29 heavy (non-hydrogen) atoms. The summed E-state index contributed by atoms with van der Waals surface area (Å²) in [5.41, 5.74) is 5.56. The van der Waals surface area contributed by atoms with Gasteiger partial charge in [-0.25, -0.2) is 9.18 Å². The second-order valence-corrected chi connectivity index (χ2v) is 6.44. The lowest BCUT2D eigenvalue weighted by atomic mass is 10.1. The van der Waals surface area contributed by atoms with Crippen molar-refractivity contribution in [1.29, 1.82) is 0 Å². The quantitative estimate of drug-likeness (QED) is 0.587. The molecule has 2 aromatic carbocycles. The molecule has 0 aliphatic rings. The van der Waals surface area contributed by atoms with E-state index in [4.69, 9.17) is 31.3 Å². The molecular formula is C20H16ClFN2O5. The Bertz CT molecular complexity index is 1050. The summed E-state index contributed by atoms with van der Waals surface area (Å²) in [5.74, 6) is -1.43. The van der Waals surface area contributed by atoms with Crippen molar-refractivity contribution < 1.29 is 28.0 Å². The summed E-state index contributed by atoms with van der Waals surface area (Å²) < 4.78 is 29.9. The highest BCUT2D eigenvalue weighted by molar-refractivity contribution is 6.33. The SMILES string of the molecule is Cc1onc(-c2c(F)cccc2Cl)c1C(=O)OCc1cccc(OCC(N)=O)c1. The van der Waals surface area contributed by atoms with Crippen LogP contribution < -0.4 is 10.5 Å². The Morgan fingerprint density at radius 3 is 2.72 bits per heavy atom. The third-order valence-corrected chi connectivity index (χ3v) is 4.23. The largest absolute Gasteiger partial charge is 0.484 e. The molecule has 0 radical (unpaired) electrons. The van der Waals surface area contributed by atoms with E-state index in [0.717, 1.165) is 0 Å². The number of amides is 1. The summed E-state index contributed by atoms with van der Waals surface area (Å²) >= 11 is 6.07. The van der Waals surface area contributed by atoms with E-state index >= 15 is 0 Å². The number of hydrogen-bond donors (Lipinski definition) is 1. The molecule has 1 amide bonds. The second kappa shape index (κ2) is 8.74. The van der Waals surface area contributed by atoms with Crippen LogP contribution in [0.15, 0.2) is 47.0 Å². The van der Waals surface area contributed by atoms with E-state index < -0.39 is 17.7 Å². The van der Waals surface area contributed by atoms with Gasteiger partial charge in [-0.05, 0) is 36.8 Å². The monoisotopic (exact) mass is 418 g/mol. The lowest BCUT2D eigenvalue weighted by Gasteiger charge is -2.09. The Kier molecular flexibility index (Phi) is 6.13. The van der Waals surface area contributed by atoms with E-state index in [9.17, 15) is 14.0 Å². The topological polar surface area (TPSA) is 105 Å². The molecule has 2 N–H and O–H groups in total. The number of halogens is 2. The van der Waals surface area contributed by atoms with Gasteiger partial charge in [-0.15, -0.1) is 0 Å². The maximum Gasteiger partial charge on any atom is 0.344 e. The van der Waals surface area contributed by atoms with Crippen molar-refractivity contribution in [2.24, 2.45) is 5.73 Å². The summed E-state index contributed by atoms with van der Waals surface area (Å²) in [6.45, 7) is 1.15. The molecule has 0 saturated carbocycles. The minimum absolute atomic E-state index is 0.0156. The molecule has 0 aliphatic carbocycles. The van der Waals surface area contributed by atoms with E-state index in [1.54, 1.807) is 24.3 Å². The van der Waals surface area contributed by atoms with Gasteiger partial charge in [0, 0.05) is 0 Å². The van der Waals surface area contributed by atoms with Crippen LogP contribution in [0.1, 0.15) is 21.7 Å². The Balaban J connectivity index is 1.78. The standard InChI is InChI=1S/C20H16ClFN2O5/c1-11-17(19(24-29-11)18-14(21)6-3-7-15(18)22)20(26)28-9-12-4-2-5-13(8-12)27-10-16(23)25/h2-8H,9-10H2,1H3,(H2,23,25). The molecule has 0 bridgehead atoms. The number of primary amides is 1. The van der Waals surface area contributed by atoms with Gasteiger partial charge in [-0.2, -0.15) is 0 Å². The van der Waals surface area contributed by atoms with Crippen LogP contribution in [0.25, 0.3) is 11.3 Å². The van der Waals surface area contributed by atoms with Crippen molar-refractivity contribution in [1.82, 2.24) is 5.16 Å². The summed E-state index contributed by atoms with van der Waals surface area (Å²) in [4.78, 5) is 23.4. The fourth-order valence-electron chi connectivity index (χ4n) is 2.61. The normalized spacial score (nSPS) is 10.6. The molecule has 150 valence electrons. The van der Waals surface area contributed by atoms with Gasteiger partial charge >= 0.3 is 5.97 Å². The predicted molar refractivity (Wildman–Crippen MR) is 102 cm³/mol. The third kappa shape index (κ3) is 4.72. The molecule has 1 aromatic heterocycles. The van der Waals surface area contributed by atoms with E-state index in [0.29, 0.717) is 11.3 Å². The Labute approximate surface area is 170 Å². The number of nitrogens with zero attached hydrogens (tertiary/aromatic N) is 1. The molecule has 1 heterocycles. The molecule has 0 aliphatic heterocycles. The molecule has 0 spiro atoms. The minimum atomic E-state index is -0.749. The first-order valence-corrected chi connectivity index (χ1v) is 8.82. The van der Waals surface area contributed by atoms with Gasteiger partial charge < -0.3 is 19.7 Å². The van der Waals surface area contributed by atoms with Crippen LogP contribution in [-0.4, -0.2) is 23.6 Å². The zero-order valence-corrected chi connectivity index (χ0v) is 16.0. The van der Waals surface area contributed by atoms with Crippen molar-refractivity contribution in [2.45, 2.75) is 13.5 Å². The van der Waals surface area contributed by atoms with Crippen LogP contribution in [0.2, 0.25) is 5.02 Å². The fraction of sp³-hybridized carbons (Fsp3) is 0.150. The van der Waals surface area contributed by atoms with Crippen molar-refractivity contribution >= 4 is 23.5 Å². The molecule has 7 nitrogen and oxygen atoms in total. The number of nitrogens with two attached hydrogens (primary N) is 1. The fourth-order valence-corrected chi connectivity index (χ4v) is 2.86. The van der Waals surface area contributed by atoms with Crippen LogP contribution >= 0.6 is 11.6 Å². The average molecular weight is 419 g/mol. The van der Waals surface area contributed by atoms with E-state index in [1.807, 2.05) is 0 Å². The first-order valence-electron chi connectivity index (χ1n) is 8.44. The van der Waals surface area contributed by atoms with E-state index in [2.05, 4.69) is 5.16 Å². The number of ether oxygens (including phenoxy) is 2. The van der Waals surface area contributed by atoms with Crippen molar-refractivity contribution in [3.05, 3.63) is 70.2 Å². The minimum Gasteiger partial charge on any atom is -0.484 e. The van der Waals surface area contributed by atoms with Crippen molar-refractivity contribution in [3.8, 4) is 17.0 Å². The summed E-state index contributed by atoms with van der Waals surface area (Å²) in [5, 5.41) is 3.86. The number of esters is 1. The number of carbonyl (C=O) groups is 2. The Hall–Kier alpha value is -3.39. The average Bonchev–Trinajstić information content (AvgIpc) is 3.06. The Morgan fingerprint density at radius 2 is 2.00 bits per heavy atom. The van der Waals surface area contributed by atoms with Crippen molar-refractivity contribution in [3.63, 3.8) is 0 Å². The third-order valence-electron chi connectivity index (χ3n) is 3.92. The lowest BCUT2D eigenvalue weighted by Crippen LogP contribution is -2.20. The van der Waals surface area contributed by atoms with Gasteiger partial charge in [-0.1, -0.05) is 35.0 Å². The Morgan fingerprint density at radius 1 is 1.24 bits per heavy atom. The molecule has 0 atom stereocenters. The predicted octanol–water partition coefficient (Wildman–Crippen LogP) is 3.66. The first-order chi connectivity index (χ1) is 13.9. The van der Waals surface area contributed by atoms with E-state index in [-0.39, 0.29) is 40.8 Å². The number of aryl methyl sites for hydroxylation is 1. The number of rotatable bonds is 7. The van der Waals surface area contributed by atoms with Gasteiger partial charge in [0.05, 0.1) is 10.6 Å². The molecule has 3 rings (SSSR count). The second-order valence-electron chi connectivity index (χ2n) is 6.04. The van der Waals surface area contributed by atoms with Gasteiger partial charge in [0.1, 0.15) is 35.2 Å². The van der Waals surface area contributed by atoms with E-state index in [1.165, 1.54) is 25.1 Å². The van der Waals surface area contributed by atoms with Crippen LogP contribution in [0.3, 0.4) is 0 Å². The van der Waals surface area contributed by atoms with Crippen molar-refractivity contribution in [2.75, 3.05) is 6.61 Å². The lowest BCUT2D eigenvalue weighted by molar-refractivity contribution is -0.119. The molecular weight excluding hydrogens is 403 g/mol. The van der Waals surface area contributed by atoms with Gasteiger partial charge in [0.15, 0.2) is 6.61 Å². The molecule has 0 unspecified atom stereocenters. The van der Waals surface area contributed by atoms with Crippen LogP contribution in [0, 0.1) is 12.7 Å². The summed E-state index contributed by atoms with van der Waals surface area (Å²) in [6.07, 6.45) is 0. The summed E-state index contributed by atoms with van der Waals surface area (Å²) in [6, 6.07) is 10.8. The number of hydrogen-bond acceptors (Lipinski definition) is 6. The zero-order chi connectivity index (χ0) is 21.0. The number of benzene rings is 2. The highest BCUT2D eigenvalue weighted by atomic mass is 35.5. The molecule has 0 fully saturated rings. The van der Waals surface area contributed by atoms with Crippen LogP contribution in [-0.2, 0) is 16.1 Å². The molecule has 3 aromatic rings. The highest BCUT2D eigenvalue weighted by Gasteiger charge is 2.26. The zero-order valence-electron chi connectivity index (χ0n) is 15.3. The van der Waals surface area contributed by atoms with Crippen LogP contribution in [0.5, 0.6) is 5.75 Å². The number of carbonyl (C=O) groups excluding carboxylic acids is 2. The maximum atomic E-state index is 14.2. The van der Waals surface area contributed by atoms with Gasteiger partial charge in [-0.3, -0.25) is 4.79 Å². The van der Waals surface area contributed by atoms with Gasteiger partial charge in [0.2, 0.25) is 0 Å². The van der Waals surface area contributed by atoms with Gasteiger partial charge in [0.25, 0.3) is 5.91 Å². The maximum absolute atomic E-state index is 14.2. The molecule has 0 saturated heterocycles.